The molecule has 1 aromatic heterocycles. The number of aromatic nitrogens is 1. The number of rotatable bonds is 9. The Bertz CT molecular complexity index is 1080. The molecule has 0 bridgehead atoms. The van der Waals surface area contributed by atoms with Crippen molar-refractivity contribution < 1.29 is 23.1 Å². The monoisotopic (exact) mass is 474 g/mol. The summed E-state index contributed by atoms with van der Waals surface area (Å²) in [5.41, 5.74) is 2.38. The fourth-order valence-corrected chi connectivity index (χ4v) is 3.89. The number of aryl methyl sites for hydroxylation is 1. The van der Waals surface area contributed by atoms with Crippen LogP contribution < -0.4 is 15.4 Å². The van der Waals surface area contributed by atoms with Gasteiger partial charge in [-0.2, -0.15) is 8.78 Å². The van der Waals surface area contributed by atoms with E-state index in [2.05, 4.69) is 20.4 Å². The van der Waals surface area contributed by atoms with Crippen LogP contribution in [0.25, 0.3) is 11.3 Å². The van der Waals surface area contributed by atoms with Crippen LogP contribution in [0.2, 0.25) is 0 Å². The molecule has 0 atom stereocenters. The Balaban J connectivity index is 1.47. The van der Waals surface area contributed by atoms with Crippen molar-refractivity contribution in [1.82, 2.24) is 15.2 Å². The molecule has 174 valence electrons. The van der Waals surface area contributed by atoms with Gasteiger partial charge in [-0.15, -0.1) is 11.3 Å². The number of hydrogen-bond acceptors (Lipinski definition) is 5. The first-order valence-electron chi connectivity index (χ1n) is 10.2. The maximum Gasteiger partial charge on any atom is 0.387 e. The topological polar surface area (TPSA) is 83.6 Å². The molecule has 0 unspecified atom stereocenters. The number of thiazole rings is 1. The van der Waals surface area contributed by atoms with Crippen LogP contribution in [-0.4, -0.2) is 42.0 Å². The Morgan fingerprint density at radius 1 is 1.12 bits per heavy atom. The number of nitrogens with one attached hydrogen (secondary N) is 2. The number of hydrogen-bond donors (Lipinski definition) is 2. The molecule has 0 saturated heterocycles. The summed E-state index contributed by atoms with van der Waals surface area (Å²) in [6.45, 7) is -0.371. The second-order valence-electron chi connectivity index (χ2n) is 7.20. The Morgan fingerprint density at radius 3 is 2.48 bits per heavy atom. The van der Waals surface area contributed by atoms with Crippen LogP contribution in [0.4, 0.5) is 18.7 Å². The van der Waals surface area contributed by atoms with Gasteiger partial charge in [0.1, 0.15) is 5.75 Å². The standard InChI is InChI=1S/C23H24F2N4O3S/c1-15-20(17-8-10-18(11-9-17)32-21(24)25)28-22(33-15)27-19(30)12-13-26-23(31)29(2)14-16-6-4-3-5-7-16/h3-11,21H,12-14H2,1-2H3,(H,26,31)(H,27,28,30). The van der Waals surface area contributed by atoms with Crippen molar-refractivity contribution in [3.05, 3.63) is 65.0 Å². The third kappa shape index (κ3) is 7.25. The number of nitrogens with zero attached hydrogens (tertiary/aromatic N) is 2. The van der Waals surface area contributed by atoms with E-state index in [1.165, 1.54) is 23.5 Å². The first-order valence-corrected chi connectivity index (χ1v) is 11.0. The van der Waals surface area contributed by atoms with Gasteiger partial charge < -0.3 is 20.3 Å². The minimum absolute atomic E-state index is 0.0617. The van der Waals surface area contributed by atoms with Crippen molar-refractivity contribution in [3.8, 4) is 17.0 Å². The van der Waals surface area contributed by atoms with Gasteiger partial charge in [0.15, 0.2) is 5.13 Å². The van der Waals surface area contributed by atoms with Crippen molar-refractivity contribution in [2.45, 2.75) is 26.5 Å². The van der Waals surface area contributed by atoms with Gasteiger partial charge in [-0.1, -0.05) is 30.3 Å². The minimum Gasteiger partial charge on any atom is -0.435 e. The van der Waals surface area contributed by atoms with Gasteiger partial charge in [0.05, 0.1) is 5.69 Å². The highest BCUT2D eigenvalue weighted by molar-refractivity contribution is 7.16. The van der Waals surface area contributed by atoms with Gasteiger partial charge in [-0.25, -0.2) is 9.78 Å². The molecule has 0 aliphatic heterocycles. The highest BCUT2D eigenvalue weighted by Crippen LogP contribution is 2.31. The average molecular weight is 475 g/mol. The van der Waals surface area contributed by atoms with Gasteiger partial charge in [0.25, 0.3) is 0 Å². The SMILES string of the molecule is Cc1sc(NC(=O)CCNC(=O)N(C)Cc2ccccc2)nc1-c1ccc(OC(F)F)cc1. The predicted molar refractivity (Wildman–Crippen MR) is 123 cm³/mol. The van der Waals surface area contributed by atoms with Crippen molar-refractivity contribution in [2.75, 3.05) is 18.9 Å². The quantitative estimate of drug-likeness (QED) is 0.463. The molecule has 7 nitrogen and oxygen atoms in total. The van der Waals surface area contributed by atoms with E-state index in [4.69, 9.17) is 0 Å². The van der Waals surface area contributed by atoms with E-state index < -0.39 is 6.61 Å². The summed E-state index contributed by atoms with van der Waals surface area (Å²) in [5, 5.41) is 5.88. The Hall–Kier alpha value is -3.53. The molecule has 1 heterocycles. The summed E-state index contributed by atoms with van der Waals surface area (Å²) in [6.07, 6.45) is 0.0958. The lowest BCUT2D eigenvalue weighted by Crippen LogP contribution is -2.38. The van der Waals surface area contributed by atoms with Crippen molar-refractivity contribution >= 4 is 28.4 Å². The lowest BCUT2D eigenvalue weighted by molar-refractivity contribution is -0.116. The van der Waals surface area contributed by atoms with Crippen LogP contribution in [0.5, 0.6) is 5.75 Å². The largest absolute Gasteiger partial charge is 0.435 e. The molecule has 0 aliphatic carbocycles. The van der Waals surface area contributed by atoms with E-state index >= 15 is 0 Å². The van der Waals surface area contributed by atoms with Crippen molar-refractivity contribution in [1.29, 1.82) is 0 Å². The zero-order valence-corrected chi connectivity index (χ0v) is 19.0. The smallest absolute Gasteiger partial charge is 0.387 e. The molecule has 3 rings (SSSR count). The molecule has 2 N–H and O–H groups in total. The number of urea groups is 1. The second-order valence-corrected chi connectivity index (χ2v) is 8.40. The van der Waals surface area contributed by atoms with Gasteiger partial charge in [-0.05, 0) is 36.8 Å². The first-order chi connectivity index (χ1) is 15.8. The summed E-state index contributed by atoms with van der Waals surface area (Å²) >= 11 is 1.31. The number of amides is 3. The molecule has 3 aromatic rings. The number of halogens is 2. The molecule has 0 saturated carbocycles. The maximum atomic E-state index is 12.3. The van der Waals surface area contributed by atoms with Crippen LogP contribution in [0.3, 0.4) is 0 Å². The summed E-state index contributed by atoms with van der Waals surface area (Å²) in [6, 6.07) is 15.5. The Morgan fingerprint density at radius 2 is 1.82 bits per heavy atom. The average Bonchev–Trinajstić information content (AvgIpc) is 3.14. The van der Waals surface area contributed by atoms with E-state index in [9.17, 15) is 18.4 Å². The van der Waals surface area contributed by atoms with Crippen LogP contribution in [-0.2, 0) is 11.3 Å². The van der Waals surface area contributed by atoms with Gasteiger partial charge in [-0.3, -0.25) is 4.79 Å². The van der Waals surface area contributed by atoms with Crippen LogP contribution >= 0.6 is 11.3 Å². The minimum atomic E-state index is -2.88. The molecule has 3 amide bonds. The molecule has 10 heteroatoms. The number of carbonyl (C=O) groups excluding carboxylic acids is 2. The van der Waals surface area contributed by atoms with E-state index in [1.807, 2.05) is 37.3 Å². The summed E-state index contributed by atoms with van der Waals surface area (Å²) in [5.74, 6) is -0.214. The van der Waals surface area contributed by atoms with Crippen LogP contribution in [0.15, 0.2) is 54.6 Å². The lowest BCUT2D eigenvalue weighted by Gasteiger charge is -2.17. The zero-order chi connectivity index (χ0) is 23.8. The molecule has 2 aromatic carbocycles. The molecule has 0 spiro atoms. The summed E-state index contributed by atoms with van der Waals surface area (Å²) < 4.78 is 28.9. The summed E-state index contributed by atoms with van der Waals surface area (Å²) in [4.78, 5) is 31.3. The Kier molecular flexibility index (Phi) is 8.31. The number of ether oxygens (including phenoxy) is 1. The first kappa shape index (κ1) is 24.1. The van der Waals surface area contributed by atoms with Crippen molar-refractivity contribution in [2.24, 2.45) is 0 Å². The van der Waals surface area contributed by atoms with Gasteiger partial charge in [0.2, 0.25) is 5.91 Å². The van der Waals surface area contributed by atoms with Gasteiger partial charge in [0, 0.05) is 37.0 Å². The highest BCUT2D eigenvalue weighted by atomic mass is 32.1. The third-order valence-electron chi connectivity index (χ3n) is 4.63. The maximum absolute atomic E-state index is 12.3. The number of anilines is 1. The molecule has 0 aliphatic rings. The van der Waals surface area contributed by atoms with E-state index in [0.717, 1.165) is 16.0 Å². The van der Waals surface area contributed by atoms with E-state index in [0.29, 0.717) is 17.4 Å². The van der Waals surface area contributed by atoms with Crippen LogP contribution in [0, 0.1) is 6.92 Å². The van der Waals surface area contributed by atoms with Crippen LogP contribution in [0.1, 0.15) is 16.9 Å². The second kappa shape index (κ2) is 11.4. The predicted octanol–water partition coefficient (Wildman–Crippen LogP) is 4.89. The molecule has 0 fully saturated rings. The highest BCUT2D eigenvalue weighted by Gasteiger charge is 2.14. The number of benzene rings is 2. The molecular weight excluding hydrogens is 450 g/mol. The Labute approximate surface area is 194 Å². The van der Waals surface area contributed by atoms with E-state index in [1.54, 1.807) is 24.1 Å². The fraction of sp³-hybridized carbons (Fsp3) is 0.261. The lowest BCUT2D eigenvalue weighted by atomic mass is 10.1. The molecule has 33 heavy (non-hydrogen) atoms. The summed E-state index contributed by atoms with van der Waals surface area (Å²) in [7, 11) is 1.69. The van der Waals surface area contributed by atoms with Gasteiger partial charge >= 0.3 is 12.6 Å². The van der Waals surface area contributed by atoms with E-state index in [-0.39, 0.29) is 30.7 Å². The fourth-order valence-electron chi connectivity index (χ4n) is 3.04. The van der Waals surface area contributed by atoms with Crippen molar-refractivity contribution in [3.63, 3.8) is 0 Å². The third-order valence-corrected chi connectivity index (χ3v) is 5.52. The molecule has 0 radical (unpaired) electrons. The number of alkyl halides is 2. The number of carbonyl (C=O) groups is 2. The zero-order valence-electron chi connectivity index (χ0n) is 18.2. The molecular formula is C23H24F2N4O3S. The normalized spacial score (nSPS) is 10.7.